The molecule has 5 nitrogen and oxygen atoms in total. The van der Waals surface area contributed by atoms with Gasteiger partial charge in [-0.25, -0.2) is 9.97 Å². The van der Waals surface area contributed by atoms with Crippen molar-refractivity contribution in [2.75, 3.05) is 12.4 Å². The van der Waals surface area contributed by atoms with Gasteiger partial charge in [-0.3, -0.25) is 10.1 Å². The molecule has 0 aliphatic rings. The summed E-state index contributed by atoms with van der Waals surface area (Å²) in [4.78, 5) is 19.8. The summed E-state index contributed by atoms with van der Waals surface area (Å²) in [5.74, 6) is 0.0880. The molecule has 7 heteroatoms. The standard InChI is InChI=1S/C12H9Cl2N3O2/c1-19-9-3-2-7(13)6-8(9)11(18)17-12-15-5-4-10(14)16-12/h2-6H,1H3,(H,15,16,17,18). The van der Waals surface area contributed by atoms with Gasteiger partial charge in [0.15, 0.2) is 0 Å². The van der Waals surface area contributed by atoms with Crippen LogP contribution < -0.4 is 10.1 Å². The monoisotopic (exact) mass is 297 g/mol. The molecule has 1 aromatic heterocycles. The molecule has 1 amide bonds. The van der Waals surface area contributed by atoms with E-state index in [0.717, 1.165) is 0 Å². The molecule has 98 valence electrons. The van der Waals surface area contributed by atoms with Crippen LogP contribution >= 0.6 is 23.2 Å². The van der Waals surface area contributed by atoms with Crippen LogP contribution in [0.25, 0.3) is 0 Å². The number of methoxy groups -OCH3 is 1. The molecule has 2 aromatic rings. The van der Waals surface area contributed by atoms with Crippen LogP contribution in [0.5, 0.6) is 5.75 Å². The van der Waals surface area contributed by atoms with Crippen molar-refractivity contribution in [1.29, 1.82) is 0 Å². The topological polar surface area (TPSA) is 64.1 Å². The summed E-state index contributed by atoms with van der Waals surface area (Å²) in [7, 11) is 1.47. The van der Waals surface area contributed by atoms with Gasteiger partial charge in [-0.05, 0) is 24.3 Å². The Morgan fingerprint density at radius 2 is 2.11 bits per heavy atom. The van der Waals surface area contributed by atoms with Crippen molar-refractivity contribution in [1.82, 2.24) is 9.97 Å². The molecule has 0 saturated heterocycles. The van der Waals surface area contributed by atoms with Gasteiger partial charge in [-0.15, -0.1) is 0 Å². The van der Waals surface area contributed by atoms with Gasteiger partial charge in [-0.1, -0.05) is 23.2 Å². The number of hydrogen-bond acceptors (Lipinski definition) is 4. The fourth-order valence-corrected chi connectivity index (χ4v) is 1.73. The number of amides is 1. The number of ether oxygens (including phenoxy) is 1. The molecule has 0 atom stereocenters. The molecule has 0 saturated carbocycles. The first-order valence-electron chi connectivity index (χ1n) is 5.23. The lowest BCUT2D eigenvalue weighted by atomic mass is 10.2. The third-order valence-corrected chi connectivity index (χ3v) is 2.70. The highest BCUT2D eigenvalue weighted by atomic mass is 35.5. The maximum atomic E-state index is 12.1. The second-order valence-electron chi connectivity index (χ2n) is 3.50. The maximum absolute atomic E-state index is 12.1. The maximum Gasteiger partial charge on any atom is 0.261 e. The zero-order valence-electron chi connectivity index (χ0n) is 9.85. The Balaban J connectivity index is 2.27. The zero-order chi connectivity index (χ0) is 13.8. The van der Waals surface area contributed by atoms with Crippen molar-refractivity contribution in [3.8, 4) is 5.75 Å². The number of halogens is 2. The number of anilines is 1. The lowest BCUT2D eigenvalue weighted by Crippen LogP contribution is -2.15. The first-order valence-corrected chi connectivity index (χ1v) is 5.99. The molecule has 2 rings (SSSR count). The lowest BCUT2D eigenvalue weighted by Gasteiger charge is -2.08. The first-order chi connectivity index (χ1) is 9.10. The highest BCUT2D eigenvalue weighted by Crippen LogP contribution is 2.23. The molecule has 1 aromatic carbocycles. The van der Waals surface area contributed by atoms with Crippen LogP contribution in [0.4, 0.5) is 5.95 Å². The average Bonchev–Trinajstić information content (AvgIpc) is 2.38. The van der Waals surface area contributed by atoms with Gasteiger partial charge in [0.2, 0.25) is 5.95 Å². The second kappa shape index (κ2) is 5.86. The van der Waals surface area contributed by atoms with Crippen LogP contribution in [0.15, 0.2) is 30.5 Å². The van der Waals surface area contributed by atoms with Crippen LogP contribution in [-0.4, -0.2) is 23.0 Å². The number of hydrogen-bond donors (Lipinski definition) is 1. The summed E-state index contributed by atoms with van der Waals surface area (Å²) < 4.78 is 5.10. The minimum Gasteiger partial charge on any atom is -0.496 e. The van der Waals surface area contributed by atoms with E-state index in [1.54, 1.807) is 12.1 Å². The van der Waals surface area contributed by atoms with Crippen LogP contribution in [0.2, 0.25) is 10.2 Å². The van der Waals surface area contributed by atoms with E-state index in [9.17, 15) is 4.79 Å². The zero-order valence-corrected chi connectivity index (χ0v) is 11.4. The van der Waals surface area contributed by atoms with Crippen LogP contribution in [-0.2, 0) is 0 Å². The number of nitrogens with one attached hydrogen (secondary N) is 1. The lowest BCUT2D eigenvalue weighted by molar-refractivity contribution is 0.102. The molecule has 0 aliphatic heterocycles. The molecule has 1 N–H and O–H groups in total. The van der Waals surface area contributed by atoms with Gasteiger partial charge < -0.3 is 4.74 Å². The number of carbonyl (C=O) groups excluding carboxylic acids is 1. The Hall–Kier alpha value is -1.85. The van der Waals surface area contributed by atoms with Crippen molar-refractivity contribution >= 4 is 35.1 Å². The Morgan fingerprint density at radius 3 is 2.79 bits per heavy atom. The van der Waals surface area contributed by atoms with Crippen molar-refractivity contribution in [3.05, 3.63) is 46.2 Å². The minimum absolute atomic E-state index is 0.111. The molecule has 0 radical (unpaired) electrons. The summed E-state index contributed by atoms with van der Waals surface area (Å²) >= 11 is 11.6. The Morgan fingerprint density at radius 1 is 1.32 bits per heavy atom. The Labute approximate surface area is 119 Å². The van der Waals surface area contributed by atoms with Crippen molar-refractivity contribution in [2.24, 2.45) is 0 Å². The van der Waals surface area contributed by atoms with E-state index in [1.807, 2.05) is 0 Å². The van der Waals surface area contributed by atoms with E-state index in [-0.39, 0.29) is 11.1 Å². The second-order valence-corrected chi connectivity index (χ2v) is 4.33. The third kappa shape index (κ3) is 3.33. The van der Waals surface area contributed by atoms with E-state index in [1.165, 1.54) is 25.4 Å². The Bertz CT molecular complexity index is 620. The van der Waals surface area contributed by atoms with E-state index in [2.05, 4.69) is 15.3 Å². The van der Waals surface area contributed by atoms with Crippen molar-refractivity contribution < 1.29 is 9.53 Å². The number of benzene rings is 1. The SMILES string of the molecule is COc1ccc(Cl)cc1C(=O)Nc1nccc(Cl)n1. The van der Waals surface area contributed by atoms with Crippen LogP contribution in [0, 0.1) is 0 Å². The Kier molecular flexibility index (Phi) is 4.19. The van der Waals surface area contributed by atoms with Crippen molar-refractivity contribution in [2.45, 2.75) is 0 Å². The molecule has 0 bridgehead atoms. The van der Waals surface area contributed by atoms with E-state index < -0.39 is 5.91 Å². The van der Waals surface area contributed by atoms with Gasteiger partial charge in [0.05, 0.1) is 12.7 Å². The summed E-state index contributed by atoms with van der Waals surface area (Å²) in [5, 5.41) is 3.18. The van der Waals surface area contributed by atoms with Crippen LogP contribution in [0.3, 0.4) is 0 Å². The molecular weight excluding hydrogens is 289 g/mol. The normalized spacial score (nSPS) is 10.1. The first kappa shape index (κ1) is 13.6. The molecule has 0 unspecified atom stereocenters. The van der Waals surface area contributed by atoms with Gasteiger partial charge >= 0.3 is 0 Å². The molecule has 0 fully saturated rings. The number of nitrogens with zero attached hydrogens (tertiary/aromatic N) is 2. The quantitative estimate of drug-likeness (QED) is 0.885. The highest BCUT2D eigenvalue weighted by molar-refractivity contribution is 6.31. The van der Waals surface area contributed by atoms with E-state index in [0.29, 0.717) is 16.3 Å². The largest absolute Gasteiger partial charge is 0.496 e. The molecule has 1 heterocycles. The summed E-state index contributed by atoms with van der Waals surface area (Å²) in [6.07, 6.45) is 1.44. The molecular formula is C12H9Cl2N3O2. The molecule has 0 spiro atoms. The third-order valence-electron chi connectivity index (χ3n) is 2.25. The summed E-state index contributed by atoms with van der Waals surface area (Å²) in [6.45, 7) is 0. The fourth-order valence-electron chi connectivity index (χ4n) is 1.42. The number of rotatable bonds is 3. The van der Waals surface area contributed by atoms with Gasteiger partial charge in [0.25, 0.3) is 5.91 Å². The summed E-state index contributed by atoms with van der Waals surface area (Å²) in [6, 6.07) is 6.25. The smallest absolute Gasteiger partial charge is 0.261 e. The molecule has 19 heavy (non-hydrogen) atoms. The van der Waals surface area contributed by atoms with Gasteiger partial charge in [0, 0.05) is 11.2 Å². The predicted octanol–water partition coefficient (Wildman–Crippen LogP) is 3.04. The number of carbonyl (C=O) groups is 1. The van der Waals surface area contributed by atoms with Gasteiger partial charge in [0.1, 0.15) is 10.9 Å². The fraction of sp³-hybridized carbons (Fsp3) is 0.0833. The van der Waals surface area contributed by atoms with E-state index in [4.69, 9.17) is 27.9 Å². The molecule has 0 aliphatic carbocycles. The predicted molar refractivity (Wildman–Crippen MR) is 73.0 cm³/mol. The minimum atomic E-state index is -0.429. The van der Waals surface area contributed by atoms with Crippen molar-refractivity contribution in [3.63, 3.8) is 0 Å². The van der Waals surface area contributed by atoms with Crippen LogP contribution in [0.1, 0.15) is 10.4 Å². The van der Waals surface area contributed by atoms with E-state index >= 15 is 0 Å². The highest BCUT2D eigenvalue weighted by Gasteiger charge is 2.14. The summed E-state index contributed by atoms with van der Waals surface area (Å²) in [5.41, 5.74) is 0.290. The number of aromatic nitrogens is 2. The van der Waals surface area contributed by atoms with Gasteiger partial charge in [-0.2, -0.15) is 0 Å². The average molecular weight is 298 g/mol.